The number of halogens is 1. The number of aryl methyl sites for hydroxylation is 1. The van der Waals surface area contributed by atoms with E-state index in [9.17, 15) is 4.79 Å². The second-order valence-corrected chi connectivity index (χ2v) is 9.73. The average Bonchev–Trinajstić information content (AvgIpc) is 3.47. The minimum absolute atomic E-state index is 0.0273. The van der Waals surface area contributed by atoms with Gasteiger partial charge in [0.2, 0.25) is 5.91 Å². The van der Waals surface area contributed by atoms with Gasteiger partial charge in [0.1, 0.15) is 5.82 Å². The highest BCUT2D eigenvalue weighted by atomic mass is 127. The Morgan fingerprint density at radius 3 is 2.68 bits per heavy atom. The molecule has 0 aliphatic heterocycles. The molecule has 5 nitrogen and oxygen atoms in total. The number of imidazole rings is 1. The first kappa shape index (κ1) is 22.4. The highest BCUT2D eigenvalue weighted by molar-refractivity contribution is 14.1. The fourth-order valence-corrected chi connectivity index (χ4v) is 4.67. The third-order valence-electron chi connectivity index (χ3n) is 5.98. The molecule has 0 saturated heterocycles. The molecule has 1 amide bonds. The Labute approximate surface area is 212 Å². The van der Waals surface area contributed by atoms with Gasteiger partial charge >= 0.3 is 0 Å². The van der Waals surface area contributed by atoms with Crippen molar-refractivity contribution < 1.29 is 4.79 Å². The van der Waals surface area contributed by atoms with Crippen LogP contribution in [0.3, 0.4) is 0 Å². The summed E-state index contributed by atoms with van der Waals surface area (Å²) in [4.78, 5) is 21.2. The number of nitrogens with one attached hydrogen (secondary N) is 2. The van der Waals surface area contributed by atoms with E-state index in [0.717, 1.165) is 33.5 Å². The summed E-state index contributed by atoms with van der Waals surface area (Å²) in [6, 6.07) is 24.5. The molecule has 2 N–H and O–H groups in total. The maximum atomic E-state index is 13.3. The van der Waals surface area contributed by atoms with E-state index < -0.39 is 0 Å². The molecule has 2 aromatic heterocycles. The van der Waals surface area contributed by atoms with Crippen LogP contribution >= 0.6 is 22.6 Å². The number of H-pyrrole nitrogens is 1. The molecular weight excluding hydrogens is 535 g/mol. The van der Waals surface area contributed by atoms with Crippen LogP contribution in [0.25, 0.3) is 16.6 Å². The Morgan fingerprint density at radius 1 is 1.09 bits per heavy atom. The lowest BCUT2D eigenvalue weighted by atomic mass is 10.0. The smallest absolute Gasteiger partial charge is 0.225 e. The molecular formula is C28H25IN4O. The molecule has 170 valence electrons. The average molecular weight is 560 g/mol. The van der Waals surface area contributed by atoms with Gasteiger partial charge in [0.05, 0.1) is 12.5 Å². The van der Waals surface area contributed by atoms with Gasteiger partial charge in [0, 0.05) is 38.8 Å². The van der Waals surface area contributed by atoms with Gasteiger partial charge in [-0.25, -0.2) is 4.98 Å². The van der Waals surface area contributed by atoms with Crippen molar-refractivity contribution in [3.05, 3.63) is 117 Å². The zero-order chi connectivity index (χ0) is 23.5. The number of benzene rings is 3. The number of fused-ring (bicyclic) bond motifs is 1. The molecule has 6 heteroatoms. The van der Waals surface area contributed by atoms with Crippen LogP contribution in [0.5, 0.6) is 0 Å². The lowest BCUT2D eigenvalue weighted by Gasteiger charge is -2.20. The molecule has 1 atom stereocenters. The van der Waals surface area contributed by atoms with E-state index in [1.165, 1.54) is 9.13 Å². The standard InChI is InChI=1S/C28H25IN4O/c1-19-7-12-25-24(15-19)21(18-31-25)17-27(34)32-26(16-20-5-3-2-4-6-20)28-30-13-14-33(28)23-10-8-22(29)9-11-23/h2-15,18,26,31H,16-17H2,1H3,(H,32,34)/t26-/m0/s1. The van der Waals surface area contributed by atoms with Crippen LogP contribution < -0.4 is 5.32 Å². The van der Waals surface area contributed by atoms with Crippen molar-refractivity contribution in [1.82, 2.24) is 19.9 Å². The van der Waals surface area contributed by atoms with Crippen LogP contribution in [-0.2, 0) is 17.6 Å². The quantitative estimate of drug-likeness (QED) is 0.243. The summed E-state index contributed by atoms with van der Waals surface area (Å²) < 4.78 is 3.23. The molecule has 2 heterocycles. The molecule has 0 radical (unpaired) electrons. The molecule has 0 unspecified atom stereocenters. The Balaban J connectivity index is 1.44. The SMILES string of the molecule is Cc1ccc2[nH]cc(CC(=O)N[C@@H](Cc3ccccc3)c3nccn3-c3ccc(I)cc3)c2c1. The molecule has 0 fully saturated rings. The van der Waals surface area contributed by atoms with E-state index >= 15 is 0 Å². The maximum absolute atomic E-state index is 13.3. The lowest BCUT2D eigenvalue weighted by Crippen LogP contribution is -2.33. The first-order chi connectivity index (χ1) is 16.6. The highest BCUT2D eigenvalue weighted by Gasteiger charge is 2.21. The van der Waals surface area contributed by atoms with Gasteiger partial charge in [-0.05, 0) is 83.5 Å². The number of hydrogen-bond acceptors (Lipinski definition) is 2. The van der Waals surface area contributed by atoms with Gasteiger partial charge in [-0.3, -0.25) is 4.79 Å². The summed E-state index contributed by atoms with van der Waals surface area (Å²) in [7, 11) is 0. The van der Waals surface area contributed by atoms with Crippen LogP contribution in [0.2, 0.25) is 0 Å². The van der Waals surface area contributed by atoms with Crippen molar-refractivity contribution in [3.8, 4) is 5.69 Å². The third kappa shape index (κ3) is 4.92. The van der Waals surface area contributed by atoms with Crippen molar-refractivity contribution >= 4 is 39.4 Å². The molecule has 0 aliphatic rings. The number of carbonyl (C=O) groups excluding carboxylic acids is 1. The van der Waals surface area contributed by atoms with Gasteiger partial charge in [0.25, 0.3) is 0 Å². The molecule has 3 aromatic carbocycles. The van der Waals surface area contributed by atoms with E-state index in [0.29, 0.717) is 12.8 Å². The summed E-state index contributed by atoms with van der Waals surface area (Å²) in [5, 5.41) is 4.36. The maximum Gasteiger partial charge on any atom is 0.225 e. The molecule has 0 aliphatic carbocycles. The molecule has 5 rings (SSSR count). The second kappa shape index (κ2) is 9.85. The zero-order valence-electron chi connectivity index (χ0n) is 18.8. The van der Waals surface area contributed by atoms with E-state index in [4.69, 9.17) is 0 Å². The molecule has 0 bridgehead atoms. The Hall–Kier alpha value is -3.39. The monoisotopic (exact) mass is 560 g/mol. The molecule has 34 heavy (non-hydrogen) atoms. The zero-order valence-corrected chi connectivity index (χ0v) is 21.0. The minimum atomic E-state index is -0.267. The number of rotatable bonds is 7. The van der Waals surface area contributed by atoms with Crippen molar-refractivity contribution in [2.75, 3.05) is 0 Å². The molecule has 0 saturated carbocycles. The number of aromatic nitrogens is 3. The van der Waals surface area contributed by atoms with Gasteiger partial charge in [-0.15, -0.1) is 0 Å². The van der Waals surface area contributed by atoms with Crippen molar-refractivity contribution in [2.24, 2.45) is 0 Å². The van der Waals surface area contributed by atoms with Crippen LogP contribution in [0.4, 0.5) is 0 Å². The Morgan fingerprint density at radius 2 is 1.88 bits per heavy atom. The number of nitrogens with zero attached hydrogens (tertiary/aromatic N) is 2. The van der Waals surface area contributed by atoms with E-state index in [-0.39, 0.29) is 11.9 Å². The first-order valence-electron chi connectivity index (χ1n) is 11.3. The van der Waals surface area contributed by atoms with Gasteiger partial charge in [0.15, 0.2) is 0 Å². The molecule has 0 spiro atoms. The summed E-state index contributed by atoms with van der Waals surface area (Å²) in [5.74, 6) is 0.786. The Bertz CT molecular complexity index is 1420. The lowest BCUT2D eigenvalue weighted by molar-refractivity contribution is -0.121. The summed E-state index contributed by atoms with van der Waals surface area (Å²) in [6.07, 6.45) is 6.63. The van der Waals surface area contributed by atoms with Gasteiger partial charge in [-0.1, -0.05) is 42.0 Å². The van der Waals surface area contributed by atoms with E-state index in [1.807, 2.05) is 30.6 Å². The fraction of sp³-hybridized carbons (Fsp3) is 0.143. The number of aromatic amines is 1. The van der Waals surface area contributed by atoms with E-state index in [1.54, 1.807) is 6.20 Å². The predicted octanol–water partition coefficient (Wildman–Crippen LogP) is 5.91. The van der Waals surface area contributed by atoms with Gasteiger partial charge < -0.3 is 14.9 Å². The second-order valence-electron chi connectivity index (χ2n) is 8.48. The third-order valence-corrected chi connectivity index (χ3v) is 6.70. The largest absolute Gasteiger partial charge is 0.361 e. The van der Waals surface area contributed by atoms with Crippen molar-refractivity contribution in [1.29, 1.82) is 0 Å². The predicted molar refractivity (Wildman–Crippen MR) is 144 cm³/mol. The summed E-state index contributed by atoms with van der Waals surface area (Å²) in [5.41, 5.74) is 5.38. The summed E-state index contributed by atoms with van der Waals surface area (Å²) >= 11 is 2.30. The van der Waals surface area contributed by atoms with Crippen LogP contribution in [0.1, 0.15) is 28.6 Å². The number of carbonyl (C=O) groups is 1. The number of amides is 1. The van der Waals surface area contributed by atoms with Crippen LogP contribution in [-0.4, -0.2) is 20.4 Å². The topological polar surface area (TPSA) is 62.7 Å². The number of hydrogen-bond donors (Lipinski definition) is 2. The highest BCUT2D eigenvalue weighted by Crippen LogP contribution is 2.23. The van der Waals surface area contributed by atoms with Crippen molar-refractivity contribution in [3.63, 3.8) is 0 Å². The van der Waals surface area contributed by atoms with Crippen LogP contribution in [0, 0.1) is 10.5 Å². The summed E-state index contributed by atoms with van der Waals surface area (Å²) in [6.45, 7) is 2.07. The fourth-order valence-electron chi connectivity index (χ4n) is 4.31. The Kier molecular flexibility index (Phi) is 6.49. The van der Waals surface area contributed by atoms with Gasteiger partial charge in [-0.2, -0.15) is 0 Å². The normalized spacial score (nSPS) is 12.1. The minimum Gasteiger partial charge on any atom is -0.361 e. The first-order valence-corrected chi connectivity index (χ1v) is 12.3. The van der Waals surface area contributed by atoms with Crippen molar-refractivity contribution in [2.45, 2.75) is 25.8 Å². The van der Waals surface area contributed by atoms with Crippen LogP contribution in [0.15, 0.2) is 91.4 Å². The molecule has 5 aromatic rings. The van der Waals surface area contributed by atoms with E-state index in [2.05, 4.69) is 104 Å².